The minimum absolute atomic E-state index is 0.210. The minimum Gasteiger partial charge on any atom is -0.481 e. The summed E-state index contributed by atoms with van der Waals surface area (Å²) in [7, 11) is 0. The number of nitrogens with zero attached hydrogens (tertiary/aromatic N) is 1. The summed E-state index contributed by atoms with van der Waals surface area (Å²) in [6.45, 7) is 1.09. The van der Waals surface area contributed by atoms with Crippen molar-refractivity contribution < 1.29 is 39.0 Å². The van der Waals surface area contributed by atoms with Gasteiger partial charge in [-0.25, -0.2) is 4.79 Å². The molecule has 0 aromatic carbocycles. The van der Waals surface area contributed by atoms with Crippen molar-refractivity contribution in [2.75, 3.05) is 13.1 Å². The zero-order chi connectivity index (χ0) is 23.1. The molecule has 2 aliphatic rings. The number of carbonyl (C=O) groups is 6. The number of carboxylic acid groups (broad SMARTS) is 2. The van der Waals surface area contributed by atoms with E-state index in [2.05, 4.69) is 10.6 Å². The fourth-order valence-corrected chi connectivity index (χ4v) is 3.72. The molecule has 4 amide bonds. The number of aliphatic carboxylic acids is 2. The van der Waals surface area contributed by atoms with Crippen molar-refractivity contribution in [3.05, 3.63) is 0 Å². The van der Waals surface area contributed by atoms with Crippen LogP contribution >= 0.6 is 0 Å². The number of amides is 4. The molecule has 31 heavy (non-hydrogen) atoms. The number of nitrogens with one attached hydrogen (secondary N) is 3. The van der Waals surface area contributed by atoms with Gasteiger partial charge in [-0.3, -0.25) is 24.0 Å². The SMILES string of the molecule is NC(=O)CC(NC(=O)C1CCCN1C(=O)C1CCCN1)C(=O)NC(CC(=O)O)C(=O)O. The van der Waals surface area contributed by atoms with Gasteiger partial charge in [-0.2, -0.15) is 0 Å². The molecule has 0 aliphatic carbocycles. The third-order valence-electron chi connectivity index (χ3n) is 5.23. The van der Waals surface area contributed by atoms with E-state index in [4.69, 9.17) is 15.9 Å². The summed E-state index contributed by atoms with van der Waals surface area (Å²) in [5, 5.41) is 25.3. The van der Waals surface area contributed by atoms with E-state index in [0.717, 1.165) is 6.42 Å². The lowest BCUT2D eigenvalue weighted by molar-refractivity contribution is -0.147. The molecule has 2 fully saturated rings. The lowest BCUT2D eigenvalue weighted by atomic mass is 10.1. The van der Waals surface area contributed by atoms with Crippen LogP contribution in [0, 0.1) is 0 Å². The van der Waals surface area contributed by atoms with Crippen molar-refractivity contribution >= 4 is 35.6 Å². The van der Waals surface area contributed by atoms with Crippen molar-refractivity contribution in [3.8, 4) is 0 Å². The number of likely N-dealkylation sites (tertiary alicyclic amines) is 1. The topological polar surface area (TPSA) is 208 Å². The summed E-state index contributed by atoms with van der Waals surface area (Å²) in [5.41, 5.74) is 5.14. The van der Waals surface area contributed by atoms with E-state index in [1.54, 1.807) is 0 Å². The predicted molar refractivity (Wildman–Crippen MR) is 103 cm³/mol. The van der Waals surface area contributed by atoms with Gasteiger partial charge in [-0.05, 0) is 32.2 Å². The largest absolute Gasteiger partial charge is 0.481 e. The van der Waals surface area contributed by atoms with Crippen LogP contribution in [0.1, 0.15) is 38.5 Å². The highest BCUT2D eigenvalue weighted by Gasteiger charge is 2.39. The molecule has 0 radical (unpaired) electrons. The Morgan fingerprint density at radius 2 is 1.71 bits per heavy atom. The van der Waals surface area contributed by atoms with Crippen LogP contribution in [0.15, 0.2) is 0 Å². The highest BCUT2D eigenvalue weighted by atomic mass is 16.4. The van der Waals surface area contributed by atoms with Gasteiger partial charge in [-0.1, -0.05) is 0 Å². The maximum absolute atomic E-state index is 12.8. The first-order chi connectivity index (χ1) is 14.6. The monoisotopic (exact) mass is 441 g/mol. The van der Waals surface area contributed by atoms with Gasteiger partial charge in [0.05, 0.1) is 18.9 Å². The quantitative estimate of drug-likeness (QED) is 0.206. The number of hydrogen-bond acceptors (Lipinski definition) is 7. The number of primary amides is 1. The molecule has 4 unspecified atom stereocenters. The van der Waals surface area contributed by atoms with Gasteiger partial charge in [-0.15, -0.1) is 0 Å². The second-order valence-electron chi connectivity index (χ2n) is 7.57. The summed E-state index contributed by atoms with van der Waals surface area (Å²) in [5.74, 6) is -5.91. The summed E-state index contributed by atoms with van der Waals surface area (Å²) in [6, 6.07) is -4.48. The summed E-state index contributed by atoms with van der Waals surface area (Å²) in [4.78, 5) is 72.7. The molecule has 7 N–H and O–H groups in total. The Labute approximate surface area is 177 Å². The Kier molecular flexibility index (Phi) is 8.30. The molecule has 0 aromatic heterocycles. The molecule has 4 atom stereocenters. The van der Waals surface area contributed by atoms with E-state index < -0.39 is 60.6 Å². The molecular formula is C18H27N5O8. The van der Waals surface area contributed by atoms with Gasteiger partial charge in [0.25, 0.3) is 0 Å². The minimum atomic E-state index is -1.75. The number of hydrogen-bond donors (Lipinski definition) is 6. The van der Waals surface area contributed by atoms with E-state index >= 15 is 0 Å². The van der Waals surface area contributed by atoms with Crippen molar-refractivity contribution in [2.24, 2.45) is 5.73 Å². The Bertz CT molecular complexity index is 751. The number of rotatable bonds is 10. The summed E-state index contributed by atoms with van der Waals surface area (Å²) >= 11 is 0. The fourth-order valence-electron chi connectivity index (χ4n) is 3.72. The van der Waals surface area contributed by atoms with Crippen LogP contribution in [0.2, 0.25) is 0 Å². The first kappa shape index (κ1) is 24.1. The average Bonchev–Trinajstić information content (AvgIpc) is 3.37. The standard InChI is InChI=1S/C18H27N5O8/c19-13(24)7-10(15(27)22-11(18(30)31)8-14(25)26)21-16(28)12-4-2-6-23(12)17(29)9-3-1-5-20-9/h9-12,20H,1-8H2,(H2,19,24)(H,21,28)(H,22,27)(H,25,26)(H,30,31). The lowest BCUT2D eigenvalue weighted by Gasteiger charge is -2.28. The van der Waals surface area contributed by atoms with E-state index in [1.807, 2.05) is 5.32 Å². The Morgan fingerprint density at radius 3 is 2.26 bits per heavy atom. The van der Waals surface area contributed by atoms with Crippen molar-refractivity contribution in [3.63, 3.8) is 0 Å². The lowest BCUT2D eigenvalue weighted by Crippen LogP contribution is -2.57. The molecular weight excluding hydrogens is 414 g/mol. The van der Waals surface area contributed by atoms with Crippen molar-refractivity contribution in [1.82, 2.24) is 20.9 Å². The van der Waals surface area contributed by atoms with Gasteiger partial charge >= 0.3 is 11.9 Å². The fraction of sp³-hybridized carbons (Fsp3) is 0.667. The smallest absolute Gasteiger partial charge is 0.326 e. The number of nitrogens with two attached hydrogens (primary N) is 1. The van der Waals surface area contributed by atoms with Crippen LogP contribution < -0.4 is 21.7 Å². The normalized spacial score (nSPS) is 22.4. The third-order valence-corrected chi connectivity index (χ3v) is 5.23. The number of carboxylic acids is 2. The zero-order valence-corrected chi connectivity index (χ0v) is 16.8. The molecule has 13 nitrogen and oxygen atoms in total. The molecule has 2 rings (SSSR count). The Hall–Kier alpha value is -3.22. The van der Waals surface area contributed by atoms with Crippen LogP contribution in [0.4, 0.5) is 0 Å². The maximum atomic E-state index is 12.8. The van der Waals surface area contributed by atoms with Crippen LogP contribution in [0.25, 0.3) is 0 Å². The molecule has 0 saturated carbocycles. The van der Waals surface area contributed by atoms with Gasteiger partial charge in [0, 0.05) is 6.54 Å². The first-order valence-electron chi connectivity index (χ1n) is 9.97. The molecule has 0 bridgehead atoms. The predicted octanol–water partition coefficient (Wildman–Crippen LogP) is -2.87. The second kappa shape index (κ2) is 10.7. The molecule has 13 heteroatoms. The zero-order valence-electron chi connectivity index (χ0n) is 16.8. The molecule has 0 aromatic rings. The van der Waals surface area contributed by atoms with Crippen LogP contribution in [-0.2, 0) is 28.8 Å². The van der Waals surface area contributed by atoms with Crippen molar-refractivity contribution in [1.29, 1.82) is 0 Å². The van der Waals surface area contributed by atoms with Gasteiger partial charge in [0.2, 0.25) is 23.6 Å². The van der Waals surface area contributed by atoms with E-state index in [1.165, 1.54) is 4.90 Å². The van der Waals surface area contributed by atoms with Gasteiger partial charge in [0.1, 0.15) is 18.1 Å². The van der Waals surface area contributed by atoms with Gasteiger partial charge in [0.15, 0.2) is 0 Å². The Morgan fingerprint density at radius 1 is 1.00 bits per heavy atom. The molecule has 0 spiro atoms. The molecule has 172 valence electrons. The molecule has 2 saturated heterocycles. The molecule has 2 aliphatic heterocycles. The summed E-state index contributed by atoms with van der Waals surface area (Å²) < 4.78 is 0. The maximum Gasteiger partial charge on any atom is 0.326 e. The highest BCUT2D eigenvalue weighted by Crippen LogP contribution is 2.21. The van der Waals surface area contributed by atoms with Crippen molar-refractivity contribution in [2.45, 2.75) is 62.7 Å². The number of carbonyl (C=O) groups excluding carboxylic acids is 4. The summed E-state index contributed by atoms with van der Waals surface area (Å²) in [6.07, 6.45) is 0.952. The van der Waals surface area contributed by atoms with Crippen LogP contribution in [0.3, 0.4) is 0 Å². The second-order valence-corrected chi connectivity index (χ2v) is 7.57. The van der Waals surface area contributed by atoms with Crippen LogP contribution in [0.5, 0.6) is 0 Å². The van der Waals surface area contributed by atoms with E-state index in [-0.39, 0.29) is 11.9 Å². The Balaban J connectivity index is 2.07. The first-order valence-corrected chi connectivity index (χ1v) is 9.97. The third kappa shape index (κ3) is 6.64. The van der Waals surface area contributed by atoms with Gasteiger partial charge < -0.3 is 36.8 Å². The average molecular weight is 441 g/mol. The highest BCUT2D eigenvalue weighted by molar-refractivity contribution is 5.96. The van der Waals surface area contributed by atoms with Crippen LogP contribution in [-0.4, -0.2) is 87.9 Å². The van der Waals surface area contributed by atoms with E-state index in [9.17, 15) is 28.8 Å². The van der Waals surface area contributed by atoms with E-state index in [0.29, 0.717) is 32.4 Å². The molecule has 2 heterocycles.